The second kappa shape index (κ2) is 4.83. The van der Waals surface area contributed by atoms with Crippen LogP contribution in [0.3, 0.4) is 0 Å². The number of hydrogen-bond acceptors (Lipinski definition) is 4. The van der Waals surface area contributed by atoms with Gasteiger partial charge >= 0.3 is 5.97 Å². The molecule has 0 spiro atoms. The van der Waals surface area contributed by atoms with E-state index in [0.717, 1.165) is 11.4 Å². The molecular formula is C11H14N2O3S. The van der Waals surface area contributed by atoms with E-state index in [2.05, 4.69) is 10.3 Å². The fraction of sp³-hybridized carbons (Fsp3) is 0.545. The lowest BCUT2D eigenvalue weighted by Gasteiger charge is -2.10. The average molecular weight is 254 g/mol. The number of aromatic nitrogens is 1. The smallest absolute Gasteiger partial charge is 0.306 e. The molecule has 1 aromatic heterocycles. The van der Waals surface area contributed by atoms with Crippen LogP contribution in [0.2, 0.25) is 0 Å². The SMILES string of the molecule is Cc1ncc(C(=O)N[C@@H]2CC[C@H](C(=O)O)C2)s1. The van der Waals surface area contributed by atoms with E-state index in [4.69, 9.17) is 5.11 Å². The highest BCUT2D eigenvalue weighted by atomic mass is 32.1. The van der Waals surface area contributed by atoms with Crippen molar-refractivity contribution in [3.05, 3.63) is 16.1 Å². The number of aliphatic carboxylic acids is 1. The number of nitrogens with zero attached hydrogens (tertiary/aromatic N) is 1. The summed E-state index contributed by atoms with van der Waals surface area (Å²) in [5, 5.41) is 12.6. The fourth-order valence-corrected chi connectivity index (χ4v) is 2.74. The van der Waals surface area contributed by atoms with Crippen LogP contribution in [0.1, 0.15) is 33.9 Å². The van der Waals surface area contributed by atoms with Crippen LogP contribution in [0.4, 0.5) is 0 Å². The summed E-state index contributed by atoms with van der Waals surface area (Å²) in [4.78, 5) is 27.2. The number of hydrogen-bond donors (Lipinski definition) is 2. The van der Waals surface area contributed by atoms with Crippen molar-refractivity contribution in [1.29, 1.82) is 0 Å². The summed E-state index contributed by atoms with van der Waals surface area (Å²) in [5.74, 6) is -1.23. The van der Waals surface area contributed by atoms with E-state index in [1.54, 1.807) is 6.20 Å². The van der Waals surface area contributed by atoms with Crippen LogP contribution in [0.5, 0.6) is 0 Å². The maximum atomic E-state index is 11.8. The van der Waals surface area contributed by atoms with Crippen molar-refractivity contribution < 1.29 is 14.7 Å². The van der Waals surface area contributed by atoms with Gasteiger partial charge < -0.3 is 10.4 Å². The van der Waals surface area contributed by atoms with Crippen LogP contribution in [0.25, 0.3) is 0 Å². The van der Waals surface area contributed by atoms with Crippen LogP contribution < -0.4 is 5.32 Å². The highest BCUT2D eigenvalue weighted by Crippen LogP contribution is 2.26. The molecule has 2 rings (SSSR count). The fourth-order valence-electron chi connectivity index (χ4n) is 2.06. The van der Waals surface area contributed by atoms with E-state index in [9.17, 15) is 9.59 Å². The molecule has 5 nitrogen and oxygen atoms in total. The molecular weight excluding hydrogens is 240 g/mol. The summed E-state index contributed by atoms with van der Waals surface area (Å²) >= 11 is 1.35. The highest BCUT2D eigenvalue weighted by molar-refractivity contribution is 7.13. The molecule has 6 heteroatoms. The molecule has 17 heavy (non-hydrogen) atoms. The van der Waals surface area contributed by atoms with Crippen molar-refractivity contribution >= 4 is 23.2 Å². The largest absolute Gasteiger partial charge is 0.481 e. The number of carbonyl (C=O) groups excluding carboxylic acids is 1. The van der Waals surface area contributed by atoms with Gasteiger partial charge in [-0.2, -0.15) is 0 Å². The second-order valence-corrected chi connectivity index (χ2v) is 5.50. The van der Waals surface area contributed by atoms with Gasteiger partial charge in [-0.1, -0.05) is 0 Å². The predicted octanol–water partition coefficient (Wildman–Crippen LogP) is 1.43. The number of thiazole rings is 1. The van der Waals surface area contributed by atoms with Crippen LogP contribution in [0, 0.1) is 12.8 Å². The summed E-state index contributed by atoms with van der Waals surface area (Å²) < 4.78 is 0. The number of carboxylic acid groups (broad SMARTS) is 1. The lowest BCUT2D eigenvalue weighted by molar-refractivity contribution is -0.141. The maximum absolute atomic E-state index is 11.8. The Morgan fingerprint density at radius 1 is 1.53 bits per heavy atom. The minimum absolute atomic E-state index is 0.0222. The molecule has 1 aromatic rings. The highest BCUT2D eigenvalue weighted by Gasteiger charge is 2.30. The van der Waals surface area contributed by atoms with Crippen LogP contribution in [0.15, 0.2) is 6.20 Å². The van der Waals surface area contributed by atoms with Gasteiger partial charge in [-0.3, -0.25) is 9.59 Å². The molecule has 2 atom stereocenters. The Labute approximate surface area is 103 Å². The predicted molar refractivity (Wildman–Crippen MR) is 63.1 cm³/mol. The molecule has 1 saturated carbocycles. The first-order chi connectivity index (χ1) is 8.06. The van der Waals surface area contributed by atoms with Crippen molar-refractivity contribution in [2.75, 3.05) is 0 Å². The zero-order valence-corrected chi connectivity index (χ0v) is 10.3. The normalized spacial score (nSPS) is 23.6. The average Bonchev–Trinajstić information content (AvgIpc) is 2.86. The molecule has 0 aromatic carbocycles. The maximum Gasteiger partial charge on any atom is 0.306 e. The van der Waals surface area contributed by atoms with E-state index < -0.39 is 5.97 Å². The summed E-state index contributed by atoms with van der Waals surface area (Å²) in [6, 6.07) is -0.0222. The van der Waals surface area contributed by atoms with E-state index in [1.165, 1.54) is 11.3 Å². The van der Waals surface area contributed by atoms with E-state index in [1.807, 2.05) is 6.92 Å². The Balaban J connectivity index is 1.90. The standard InChI is InChI=1S/C11H14N2O3S/c1-6-12-5-9(17-6)10(14)13-8-3-2-7(4-8)11(15)16/h5,7-8H,2-4H2,1H3,(H,13,14)(H,15,16)/t7-,8+/m0/s1. The summed E-state index contributed by atoms with van der Waals surface area (Å²) in [6.45, 7) is 1.84. The number of carbonyl (C=O) groups is 2. The van der Waals surface area contributed by atoms with Crippen LogP contribution >= 0.6 is 11.3 Å². The molecule has 0 bridgehead atoms. The molecule has 0 radical (unpaired) electrons. The number of amides is 1. The van der Waals surface area contributed by atoms with Crippen LogP contribution in [-0.2, 0) is 4.79 Å². The number of rotatable bonds is 3. The molecule has 1 aliphatic carbocycles. The summed E-state index contributed by atoms with van der Waals surface area (Å²) in [6.07, 6.45) is 3.46. The van der Waals surface area contributed by atoms with Gasteiger partial charge in [0.25, 0.3) is 5.91 Å². The van der Waals surface area contributed by atoms with E-state index >= 15 is 0 Å². The van der Waals surface area contributed by atoms with Crippen molar-refractivity contribution in [2.45, 2.75) is 32.2 Å². The third-order valence-corrected chi connectivity index (χ3v) is 3.87. The zero-order valence-electron chi connectivity index (χ0n) is 9.47. The second-order valence-electron chi connectivity index (χ2n) is 4.26. The van der Waals surface area contributed by atoms with Gasteiger partial charge in [0.05, 0.1) is 17.1 Å². The van der Waals surface area contributed by atoms with Gasteiger partial charge in [-0.25, -0.2) is 4.98 Å². The lowest BCUT2D eigenvalue weighted by atomic mass is 10.1. The molecule has 1 aliphatic rings. The Morgan fingerprint density at radius 3 is 2.82 bits per heavy atom. The molecule has 0 aliphatic heterocycles. The molecule has 1 amide bonds. The number of carboxylic acids is 1. The third-order valence-electron chi connectivity index (χ3n) is 2.96. The molecule has 0 saturated heterocycles. The van der Waals surface area contributed by atoms with E-state index in [-0.39, 0.29) is 17.9 Å². The number of nitrogens with one attached hydrogen (secondary N) is 1. The Bertz CT molecular complexity index is 444. The number of aryl methyl sites for hydroxylation is 1. The van der Waals surface area contributed by atoms with Gasteiger partial charge in [0, 0.05) is 6.04 Å². The molecule has 92 valence electrons. The Morgan fingerprint density at radius 2 is 2.29 bits per heavy atom. The molecule has 2 N–H and O–H groups in total. The monoisotopic (exact) mass is 254 g/mol. The third kappa shape index (κ3) is 2.82. The molecule has 1 fully saturated rings. The Kier molecular flexibility index (Phi) is 3.42. The van der Waals surface area contributed by atoms with E-state index in [0.29, 0.717) is 17.7 Å². The topological polar surface area (TPSA) is 79.3 Å². The first-order valence-corrected chi connectivity index (χ1v) is 6.34. The molecule has 1 heterocycles. The minimum Gasteiger partial charge on any atom is -0.481 e. The molecule has 0 unspecified atom stereocenters. The van der Waals surface area contributed by atoms with Crippen molar-refractivity contribution in [3.63, 3.8) is 0 Å². The van der Waals surface area contributed by atoms with Gasteiger partial charge in [-0.05, 0) is 26.2 Å². The summed E-state index contributed by atoms with van der Waals surface area (Å²) in [7, 11) is 0. The minimum atomic E-state index is -0.768. The van der Waals surface area contributed by atoms with Crippen molar-refractivity contribution in [1.82, 2.24) is 10.3 Å². The zero-order chi connectivity index (χ0) is 12.4. The van der Waals surface area contributed by atoms with Gasteiger partial charge in [0.2, 0.25) is 0 Å². The van der Waals surface area contributed by atoms with Crippen molar-refractivity contribution in [2.24, 2.45) is 5.92 Å². The van der Waals surface area contributed by atoms with Gasteiger partial charge in [0.1, 0.15) is 4.88 Å². The first kappa shape index (κ1) is 12.0. The van der Waals surface area contributed by atoms with Gasteiger partial charge in [-0.15, -0.1) is 11.3 Å². The van der Waals surface area contributed by atoms with Gasteiger partial charge in [0.15, 0.2) is 0 Å². The quantitative estimate of drug-likeness (QED) is 0.855. The summed E-state index contributed by atoms with van der Waals surface area (Å²) in [5.41, 5.74) is 0. The lowest BCUT2D eigenvalue weighted by Crippen LogP contribution is -2.32. The van der Waals surface area contributed by atoms with Crippen molar-refractivity contribution in [3.8, 4) is 0 Å². The first-order valence-electron chi connectivity index (χ1n) is 5.52. The van der Waals surface area contributed by atoms with Crippen LogP contribution in [-0.4, -0.2) is 28.0 Å². The Hall–Kier alpha value is -1.43.